The summed E-state index contributed by atoms with van der Waals surface area (Å²) in [4.78, 5) is 12.3. The fourth-order valence-corrected chi connectivity index (χ4v) is 4.97. The molecule has 174 valence electrons. The van der Waals surface area contributed by atoms with Crippen LogP contribution in [0.25, 0.3) is 0 Å². The Kier molecular flexibility index (Phi) is 8.13. The zero-order valence-electron chi connectivity index (χ0n) is 17.7. The van der Waals surface area contributed by atoms with E-state index in [0.29, 0.717) is 32.7 Å². The summed E-state index contributed by atoms with van der Waals surface area (Å²) < 4.78 is 33.2. The highest BCUT2D eigenvalue weighted by atomic mass is 35.5. The molecule has 0 atom stereocenters. The predicted molar refractivity (Wildman–Crippen MR) is 133 cm³/mol. The largest absolute Gasteiger partial charge is 0.491 e. The van der Waals surface area contributed by atoms with Crippen molar-refractivity contribution in [2.45, 2.75) is 31.3 Å². The molecule has 0 aliphatic heterocycles. The SMILES string of the molecule is CC(C)Oc1ccc(NC(=O)Cc2ccc(NS(=O)(=O)c3ccc(Cl)cc3Cl)cc2)c(Cl)c1. The van der Waals surface area contributed by atoms with Crippen LogP contribution in [-0.4, -0.2) is 20.4 Å². The number of carbonyl (C=O) groups excluding carboxylic acids is 1. The minimum atomic E-state index is -3.90. The third kappa shape index (κ3) is 7.01. The third-order valence-electron chi connectivity index (χ3n) is 4.34. The molecule has 0 unspecified atom stereocenters. The Hall–Kier alpha value is -2.45. The first kappa shape index (κ1) is 25.2. The van der Waals surface area contributed by atoms with Crippen molar-refractivity contribution in [2.24, 2.45) is 0 Å². The fraction of sp³-hybridized carbons (Fsp3) is 0.174. The summed E-state index contributed by atoms with van der Waals surface area (Å²) in [6.07, 6.45) is 0.0912. The van der Waals surface area contributed by atoms with E-state index in [1.807, 2.05) is 13.8 Å². The number of hydrogen-bond acceptors (Lipinski definition) is 4. The third-order valence-corrected chi connectivity index (χ3v) is 6.75. The van der Waals surface area contributed by atoms with Crippen molar-refractivity contribution in [3.05, 3.63) is 81.3 Å². The number of benzene rings is 3. The highest BCUT2D eigenvalue weighted by Crippen LogP contribution is 2.28. The van der Waals surface area contributed by atoms with Gasteiger partial charge in [0.2, 0.25) is 5.91 Å². The molecule has 0 heterocycles. The smallest absolute Gasteiger partial charge is 0.263 e. The average Bonchev–Trinajstić information content (AvgIpc) is 2.70. The van der Waals surface area contributed by atoms with Crippen molar-refractivity contribution >= 4 is 62.1 Å². The van der Waals surface area contributed by atoms with Crippen molar-refractivity contribution in [2.75, 3.05) is 10.0 Å². The topological polar surface area (TPSA) is 84.5 Å². The van der Waals surface area contributed by atoms with Gasteiger partial charge in [-0.3, -0.25) is 9.52 Å². The van der Waals surface area contributed by atoms with Crippen LogP contribution in [0.1, 0.15) is 19.4 Å². The lowest BCUT2D eigenvalue weighted by atomic mass is 10.1. The Morgan fingerprint density at radius 2 is 1.64 bits per heavy atom. The molecule has 0 saturated carbocycles. The number of carbonyl (C=O) groups is 1. The molecule has 3 aromatic carbocycles. The molecule has 0 aliphatic rings. The molecule has 0 spiro atoms. The normalized spacial score (nSPS) is 11.3. The molecular formula is C23H21Cl3N2O4S. The molecular weight excluding hydrogens is 507 g/mol. The van der Waals surface area contributed by atoms with Gasteiger partial charge in [0.1, 0.15) is 10.6 Å². The number of rotatable bonds is 8. The van der Waals surface area contributed by atoms with Crippen LogP contribution in [0.15, 0.2) is 65.6 Å². The second kappa shape index (κ2) is 10.7. The van der Waals surface area contributed by atoms with Gasteiger partial charge in [-0.05, 0) is 61.9 Å². The van der Waals surface area contributed by atoms with Crippen LogP contribution >= 0.6 is 34.8 Å². The molecule has 10 heteroatoms. The van der Waals surface area contributed by atoms with E-state index in [4.69, 9.17) is 39.5 Å². The lowest BCUT2D eigenvalue weighted by molar-refractivity contribution is -0.115. The number of anilines is 2. The highest BCUT2D eigenvalue weighted by molar-refractivity contribution is 7.92. The first-order chi connectivity index (χ1) is 15.5. The molecule has 0 saturated heterocycles. The molecule has 3 rings (SSSR count). The number of amides is 1. The predicted octanol–water partition coefficient (Wildman–Crippen LogP) is 6.42. The van der Waals surface area contributed by atoms with Crippen LogP contribution in [0.3, 0.4) is 0 Å². The van der Waals surface area contributed by atoms with Gasteiger partial charge in [0.25, 0.3) is 10.0 Å². The minimum absolute atomic E-state index is 0.0112. The van der Waals surface area contributed by atoms with Crippen molar-refractivity contribution < 1.29 is 17.9 Å². The Morgan fingerprint density at radius 1 is 0.939 bits per heavy atom. The lowest BCUT2D eigenvalue weighted by Crippen LogP contribution is -2.15. The lowest BCUT2D eigenvalue weighted by Gasteiger charge is -2.13. The Labute approximate surface area is 207 Å². The molecule has 0 aromatic heterocycles. The van der Waals surface area contributed by atoms with Crippen LogP contribution in [0, 0.1) is 0 Å². The molecule has 2 N–H and O–H groups in total. The second-order valence-electron chi connectivity index (χ2n) is 7.41. The zero-order chi connectivity index (χ0) is 24.2. The quantitative estimate of drug-likeness (QED) is 0.354. The van der Waals surface area contributed by atoms with Gasteiger partial charge in [-0.1, -0.05) is 46.9 Å². The van der Waals surface area contributed by atoms with E-state index < -0.39 is 10.0 Å². The fourth-order valence-electron chi connectivity index (χ4n) is 2.92. The van der Waals surface area contributed by atoms with Gasteiger partial charge >= 0.3 is 0 Å². The Balaban J connectivity index is 1.63. The van der Waals surface area contributed by atoms with E-state index in [1.54, 1.807) is 42.5 Å². The van der Waals surface area contributed by atoms with E-state index in [2.05, 4.69) is 10.0 Å². The number of sulfonamides is 1. The summed E-state index contributed by atoms with van der Waals surface area (Å²) in [5.41, 5.74) is 1.49. The molecule has 6 nitrogen and oxygen atoms in total. The summed E-state index contributed by atoms with van der Waals surface area (Å²) in [7, 11) is -3.90. The molecule has 3 aromatic rings. The summed E-state index contributed by atoms with van der Waals surface area (Å²) in [5.74, 6) is 0.349. The summed E-state index contributed by atoms with van der Waals surface area (Å²) in [5, 5.41) is 3.48. The van der Waals surface area contributed by atoms with Gasteiger partial charge in [0.15, 0.2) is 0 Å². The maximum atomic E-state index is 12.6. The second-order valence-corrected chi connectivity index (χ2v) is 10.3. The molecule has 0 bridgehead atoms. The summed E-state index contributed by atoms with van der Waals surface area (Å²) in [6, 6.07) is 15.6. The number of ether oxygens (including phenoxy) is 1. The summed E-state index contributed by atoms with van der Waals surface area (Å²) >= 11 is 18.1. The van der Waals surface area contributed by atoms with Crippen LogP contribution in [-0.2, 0) is 21.2 Å². The van der Waals surface area contributed by atoms with Gasteiger partial charge in [-0.2, -0.15) is 0 Å². The van der Waals surface area contributed by atoms with Gasteiger partial charge in [-0.15, -0.1) is 0 Å². The first-order valence-electron chi connectivity index (χ1n) is 9.86. The maximum absolute atomic E-state index is 12.6. The van der Waals surface area contributed by atoms with Crippen molar-refractivity contribution in [1.82, 2.24) is 0 Å². The van der Waals surface area contributed by atoms with E-state index in [0.717, 1.165) is 0 Å². The van der Waals surface area contributed by atoms with Crippen LogP contribution in [0.5, 0.6) is 5.75 Å². The number of hydrogen-bond donors (Lipinski definition) is 2. The van der Waals surface area contributed by atoms with Gasteiger partial charge in [0, 0.05) is 16.8 Å². The standard InChI is InChI=1S/C23H21Cl3N2O4S/c1-14(2)32-18-8-9-21(19(25)13-18)27-23(29)11-15-3-6-17(7-4-15)28-33(30,31)22-10-5-16(24)12-20(22)26/h3-10,12-14,28H,11H2,1-2H3,(H,27,29). The molecule has 0 aliphatic carbocycles. The van der Waals surface area contributed by atoms with Gasteiger partial charge in [0.05, 0.1) is 28.3 Å². The molecule has 0 radical (unpaired) electrons. The monoisotopic (exact) mass is 526 g/mol. The van der Waals surface area contributed by atoms with E-state index in [1.165, 1.54) is 18.2 Å². The molecule has 0 fully saturated rings. The van der Waals surface area contributed by atoms with E-state index in [-0.39, 0.29) is 28.4 Å². The molecule has 33 heavy (non-hydrogen) atoms. The Morgan fingerprint density at radius 3 is 2.24 bits per heavy atom. The maximum Gasteiger partial charge on any atom is 0.263 e. The van der Waals surface area contributed by atoms with Gasteiger partial charge in [-0.25, -0.2) is 8.42 Å². The van der Waals surface area contributed by atoms with Crippen molar-refractivity contribution in [3.8, 4) is 5.75 Å². The van der Waals surface area contributed by atoms with E-state index >= 15 is 0 Å². The van der Waals surface area contributed by atoms with Crippen LogP contribution in [0.2, 0.25) is 15.1 Å². The molecule has 1 amide bonds. The van der Waals surface area contributed by atoms with Crippen LogP contribution < -0.4 is 14.8 Å². The minimum Gasteiger partial charge on any atom is -0.491 e. The average molecular weight is 528 g/mol. The zero-order valence-corrected chi connectivity index (χ0v) is 20.8. The van der Waals surface area contributed by atoms with Gasteiger partial charge < -0.3 is 10.1 Å². The first-order valence-corrected chi connectivity index (χ1v) is 12.5. The number of nitrogens with one attached hydrogen (secondary N) is 2. The van der Waals surface area contributed by atoms with Crippen molar-refractivity contribution in [3.63, 3.8) is 0 Å². The number of halogens is 3. The van der Waals surface area contributed by atoms with Crippen LogP contribution in [0.4, 0.5) is 11.4 Å². The van der Waals surface area contributed by atoms with Crippen molar-refractivity contribution in [1.29, 1.82) is 0 Å². The highest BCUT2D eigenvalue weighted by Gasteiger charge is 2.18. The Bertz CT molecular complexity index is 1260. The van der Waals surface area contributed by atoms with E-state index in [9.17, 15) is 13.2 Å². The summed E-state index contributed by atoms with van der Waals surface area (Å²) in [6.45, 7) is 3.82.